The van der Waals surface area contributed by atoms with Crippen molar-refractivity contribution in [3.05, 3.63) is 41.5 Å². The lowest BCUT2D eigenvalue weighted by molar-refractivity contribution is -0.115. The predicted molar refractivity (Wildman–Crippen MR) is 78.3 cm³/mol. The molecular weight excluding hydrogens is 252 g/mol. The molecule has 0 saturated carbocycles. The summed E-state index contributed by atoms with van der Waals surface area (Å²) >= 11 is 0. The Morgan fingerprint density at radius 2 is 1.80 bits per heavy atom. The van der Waals surface area contributed by atoms with E-state index in [0.29, 0.717) is 5.71 Å². The highest BCUT2D eigenvalue weighted by Gasteiger charge is 2.49. The van der Waals surface area contributed by atoms with E-state index in [9.17, 15) is 9.59 Å². The van der Waals surface area contributed by atoms with Gasteiger partial charge in [-0.25, -0.2) is 4.79 Å². The van der Waals surface area contributed by atoms with Crippen LogP contribution in [0, 0.1) is 6.92 Å². The van der Waals surface area contributed by atoms with Gasteiger partial charge in [0, 0.05) is 12.1 Å². The largest absolute Gasteiger partial charge is 0.349 e. The molecule has 0 aromatic heterocycles. The number of ketones is 1. The van der Waals surface area contributed by atoms with E-state index in [4.69, 9.17) is 0 Å². The van der Waals surface area contributed by atoms with E-state index in [1.165, 1.54) is 0 Å². The molecule has 1 aliphatic heterocycles. The van der Waals surface area contributed by atoms with Crippen LogP contribution in [0.3, 0.4) is 0 Å². The van der Waals surface area contributed by atoms with Gasteiger partial charge >= 0.3 is 6.03 Å². The van der Waals surface area contributed by atoms with Crippen molar-refractivity contribution in [1.82, 2.24) is 0 Å². The molecule has 4 nitrogen and oxygen atoms in total. The first kappa shape index (κ1) is 12.8. The Morgan fingerprint density at radius 1 is 1.15 bits per heavy atom. The fraction of sp³-hybridized carbons (Fsp3) is 0.312. The van der Waals surface area contributed by atoms with Crippen molar-refractivity contribution >= 4 is 23.2 Å². The summed E-state index contributed by atoms with van der Waals surface area (Å²) < 4.78 is 0. The van der Waals surface area contributed by atoms with Crippen molar-refractivity contribution in [1.29, 1.82) is 0 Å². The van der Waals surface area contributed by atoms with Gasteiger partial charge in [0.2, 0.25) is 0 Å². The molecule has 1 atom stereocenters. The summed E-state index contributed by atoms with van der Waals surface area (Å²) in [6.45, 7) is 5.74. The summed E-state index contributed by atoms with van der Waals surface area (Å²) in [4.78, 5) is 30.0. The van der Waals surface area contributed by atoms with Gasteiger partial charge in [-0.1, -0.05) is 17.7 Å². The molecule has 0 saturated heterocycles. The molecule has 102 valence electrons. The smallest absolute Gasteiger partial charge is 0.295 e. The number of carbonyl (C=O) groups excluding carboxylic acids is 2. The Labute approximate surface area is 117 Å². The Morgan fingerprint density at radius 3 is 2.45 bits per heavy atom. The van der Waals surface area contributed by atoms with Crippen LogP contribution in [0.2, 0.25) is 0 Å². The predicted octanol–water partition coefficient (Wildman–Crippen LogP) is 3.05. The quantitative estimate of drug-likeness (QED) is 0.786. The average molecular weight is 268 g/mol. The van der Waals surface area contributed by atoms with Gasteiger partial charge in [-0.2, -0.15) is 4.99 Å². The zero-order valence-corrected chi connectivity index (χ0v) is 11.8. The van der Waals surface area contributed by atoms with Crippen LogP contribution >= 0.6 is 0 Å². The normalized spacial score (nSPS) is 25.4. The molecule has 0 bridgehead atoms. The second-order valence-corrected chi connectivity index (χ2v) is 5.66. The number of amides is 2. The molecule has 3 rings (SSSR count). The van der Waals surface area contributed by atoms with Crippen molar-refractivity contribution in [2.24, 2.45) is 4.99 Å². The molecule has 2 aliphatic rings. The zero-order chi connectivity index (χ0) is 14.5. The lowest BCUT2D eigenvalue weighted by atomic mass is 9.80. The number of urea groups is 1. The van der Waals surface area contributed by atoms with Crippen molar-refractivity contribution in [2.45, 2.75) is 32.7 Å². The first-order valence-corrected chi connectivity index (χ1v) is 6.63. The van der Waals surface area contributed by atoms with Crippen molar-refractivity contribution < 1.29 is 9.59 Å². The Balaban J connectivity index is 2.10. The number of benzene rings is 1. The molecule has 1 heterocycles. The molecule has 1 aromatic carbocycles. The lowest BCUT2D eigenvalue weighted by Crippen LogP contribution is -2.52. The monoisotopic (exact) mass is 268 g/mol. The maximum Gasteiger partial charge on any atom is 0.349 e. The molecule has 1 aromatic rings. The third-order valence-electron chi connectivity index (χ3n) is 3.96. The van der Waals surface area contributed by atoms with Crippen LogP contribution in [0.4, 0.5) is 10.5 Å². The molecular formula is C16H16N2O2. The molecule has 20 heavy (non-hydrogen) atoms. The highest BCUT2D eigenvalue weighted by Crippen LogP contribution is 2.38. The van der Waals surface area contributed by atoms with Crippen molar-refractivity contribution in [3.8, 4) is 0 Å². The fourth-order valence-corrected chi connectivity index (χ4v) is 3.05. The van der Waals surface area contributed by atoms with Crippen LogP contribution in [0.25, 0.3) is 0 Å². The van der Waals surface area contributed by atoms with Crippen molar-refractivity contribution in [3.63, 3.8) is 0 Å². The first-order chi connectivity index (χ1) is 9.41. The number of fused-ring (bicyclic) bond motifs is 1. The van der Waals surface area contributed by atoms with E-state index >= 15 is 0 Å². The Bertz CT molecular complexity index is 670. The van der Waals surface area contributed by atoms with E-state index in [1.807, 2.05) is 45.0 Å². The highest BCUT2D eigenvalue weighted by atomic mass is 16.2. The molecule has 0 fully saturated rings. The lowest BCUT2D eigenvalue weighted by Gasteiger charge is -2.37. The maximum atomic E-state index is 12.3. The number of aryl methyl sites for hydroxylation is 1. The van der Waals surface area contributed by atoms with Crippen molar-refractivity contribution in [2.75, 3.05) is 4.90 Å². The van der Waals surface area contributed by atoms with Crippen LogP contribution in [0.1, 0.15) is 25.8 Å². The molecule has 1 unspecified atom stereocenters. The summed E-state index contributed by atoms with van der Waals surface area (Å²) in [5.74, 6) is 0.0377. The number of nitrogens with zero attached hydrogens (tertiary/aromatic N) is 2. The van der Waals surface area contributed by atoms with E-state index in [1.54, 1.807) is 11.0 Å². The number of aliphatic imine (C=N–C) groups is 1. The van der Waals surface area contributed by atoms with Gasteiger partial charge in [-0.05, 0) is 44.6 Å². The number of anilines is 1. The first-order valence-electron chi connectivity index (χ1n) is 6.63. The van der Waals surface area contributed by atoms with E-state index < -0.39 is 5.54 Å². The summed E-state index contributed by atoms with van der Waals surface area (Å²) in [6, 6.07) is 7.41. The molecule has 0 radical (unpaired) electrons. The van der Waals surface area contributed by atoms with E-state index in [2.05, 4.69) is 4.99 Å². The standard InChI is InChI=1S/C16H16N2O2/c1-10-4-6-12(7-5-10)18-15(20)17-14-11(2)8-13(19)9-16(14,18)3/h4-8H,9H2,1-3H3. The van der Waals surface area contributed by atoms with Crippen LogP contribution in [0.15, 0.2) is 40.9 Å². The minimum atomic E-state index is -0.664. The number of rotatable bonds is 1. The second-order valence-electron chi connectivity index (χ2n) is 5.66. The van der Waals surface area contributed by atoms with Gasteiger partial charge in [-0.3, -0.25) is 9.69 Å². The number of hydrogen-bond acceptors (Lipinski definition) is 2. The SMILES string of the molecule is CC1=CC(=O)CC2(C)C1=NC(=O)N2c1ccc(C)cc1. The molecule has 0 spiro atoms. The van der Waals surface area contributed by atoms with Crippen LogP contribution in [0.5, 0.6) is 0 Å². The van der Waals surface area contributed by atoms with Gasteiger partial charge in [0.15, 0.2) is 5.78 Å². The third-order valence-corrected chi connectivity index (χ3v) is 3.96. The van der Waals surface area contributed by atoms with Crippen LogP contribution in [-0.4, -0.2) is 23.1 Å². The van der Waals surface area contributed by atoms with Gasteiger partial charge in [0.25, 0.3) is 0 Å². The van der Waals surface area contributed by atoms with Gasteiger partial charge in [0.05, 0.1) is 11.3 Å². The summed E-state index contributed by atoms with van der Waals surface area (Å²) in [7, 11) is 0. The molecule has 4 heteroatoms. The Kier molecular flexibility index (Phi) is 2.64. The number of allylic oxidation sites excluding steroid dienone is 1. The number of carbonyl (C=O) groups is 2. The maximum absolute atomic E-state index is 12.3. The fourth-order valence-electron chi connectivity index (χ4n) is 3.05. The molecule has 1 aliphatic carbocycles. The van der Waals surface area contributed by atoms with Gasteiger partial charge in [0.1, 0.15) is 0 Å². The van der Waals surface area contributed by atoms with Crippen LogP contribution in [-0.2, 0) is 4.79 Å². The van der Waals surface area contributed by atoms with Gasteiger partial charge < -0.3 is 0 Å². The summed E-state index contributed by atoms with van der Waals surface area (Å²) in [5, 5.41) is 0. The minimum absolute atomic E-state index is 0.0377. The highest BCUT2D eigenvalue weighted by molar-refractivity contribution is 6.27. The molecule has 2 amide bonds. The van der Waals surface area contributed by atoms with Gasteiger partial charge in [-0.15, -0.1) is 0 Å². The summed E-state index contributed by atoms with van der Waals surface area (Å²) in [5.41, 5.74) is 2.74. The minimum Gasteiger partial charge on any atom is -0.295 e. The van der Waals surface area contributed by atoms with E-state index in [0.717, 1.165) is 16.8 Å². The average Bonchev–Trinajstić information content (AvgIpc) is 2.62. The number of hydrogen-bond donors (Lipinski definition) is 0. The molecule has 0 N–H and O–H groups in total. The summed E-state index contributed by atoms with van der Waals surface area (Å²) in [6.07, 6.45) is 1.86. The van der Waals surface area contributed by atoms with Crippen LogP contribution < -0.4 is 4.90 Å². The zero-order valence-electron chi connectivity index (χ0n) is 11.8. The second kappa shape index (κ2) is 4.13. The van der Waals surface area contributed by atoms with E-state index in [-0.39, 0.29) is 18.2 Å². The Hall–Kier alpha value is -2.23. The topological polar surface area (TPSA) is 49.7 Å². The third kappa shape index (κ3) is 1.72.